The summed E-state index contributed by atoms with van der Waals surface area (Å²) in [7, 11) is 0. The van der Waals surface area contributed by atoms with Crippen molar-refractivity contribution in [3.8, 4) is 0 Å². The van der Waals surface area contributed by atoms with Crippen molar-refractivity contribution in [2.24, 2.45) is 0 Å². The minimum Gasteiger partial charge on any atom is -0.452 e. The maximum Gasteiger partial charge on any atom is 0.338 e. The smallest absolute Gasteiger partial charge is 0.338 e. The van der Waals surface area contributed by atoms with Crippen LogP contribution in [0.25, 0.3) is 11.0 Å². The molecule has 6 nitrogen and oxygen atoms in total. The minimum absolute atomic E-state index is 0.231. The first-order chi connectivity index (χ1) is 13.3. The van der Waals surface area contributed by atoms with Crippen molar-refractivity contribution >= 4 is 34.5 Å². The van der Waals surface area contributed by atoms with E-state index in [2.05, 4.69) is 15.3 Å². The molecule has 0 unspecified atom stereocenters. The lowest BCUT2D eigenvalue weighted by molar-refractivity contribution is -0.124. The highest BCUT2D eigenvalue weighted by Gasteiger charge is 2.14. The summed E-state index contributed by atoms with van der Waals surface area (Å²) in [6.45, 7) is 5.22. The Morgan fingerprint density at radius 1 is 1.04 bits per heavy atom. The third-order valence-electron chi connectivity index (χ3n) is 4.39. The van der Waals surface area contributed by atoms with Gasteiger partial charge in [-0.3, -0.25) is 4.79 Å². The Kier molecular flexibility index (Phi) is 5.90. The molecule has 1 heterocycles. The van der Waals surface area contributed by atoms with Crippen LogP contribution in [-0.2, 0) is 9.53 Å². The number of halogens is 1. The first-order valence-electron chi connectivity index (χ1n) is 8.80. The van der Waals surface area contributed by atoms with Crippen molar-refractivity contribution in [2.75, 3.05) is 6.61 Å². The minimum atomic E-state index is -0.587. The second-order valence-corrected chi connectivity index (χ2v) is 6.95. The van der Waals surface area contributed by atoms with Crippen molar-refractivity contribution < 1.29 is 14.3 Å². The van der Waals surface area contributed by atoms with Crippen LogP contribution in [0.4, 0.5) is 0 Å². The standard InChI is InChI=1S/C21H20ClN3O3/c1-12-13(2)24-19-10-16(6-9-18(19)23-12)21(27)28-11-20(26)25-14(3)15-4-7-17(22)8-5-15/h4-10,14H,11H2,1-3H3,(H,25,26)/t14-/m0/s1. The van der Waals surface area contributed by atoms with Gasteiger partial charge in [-0.1, -0.05) is 23.7 Å². The molecule has 3 aromatic rings. The number of nitrogens with one attached hydrogen (secondary N) is 1. The summed E-state index contributed by atoms with van der Waals surface area (Å²) in [4.78, 5) is 33.2. The molecule has 1 N–H and O–H groups in total. The number of aromatic nitrogens is 2. The molecule has 0 aliphatic carbocycles. The molecule has 0 radical (unpaired) electrons. The van der Waals surface area contributed by atoms with Crippen molar-refractivity contribution in [2.45, 2.75) is 26.8 Å². The number of amides is 1. The molecular weight excluding hydrogens is 378 g/mol. The van der Waals surface area contributed by atoms with Gasteiger partial charge in [0.25, 0.3) is 5.91 Å². The summed E-state index contributed by atoms with van der Waals surface area (Å²) in [6.07, 6.45) is 0. The van der Waals surface area contributed by atoms with Gasteiger partial charge in [-0.15, -0.1) is 0 Å². The van der Waals surface area contributed by atoms with Crippen LogP contribution < -0.4 is 5.32 Å². The highest BCUT2D eigenvalue weighted by Crippen LogP contribution is 2.17. The Morgan fingerprint density at radius 3 is 2.36 bits per heavy atom. The fraction of sp³-hybridized carbons (Fsp3) is 0.238. The summed E-state index contributed by atoms with van der Waals surface area (Å²) >= 11 is 5.86. The molecular formula is C21H20ClN3O3. The zero-order valence-corrected chi connectivity index (χ0v) is 16.6. The van der Waals surface area contributed by atoms with E-state index in [9.17, 15) is 9.59 Å². The maximum absolute atomic E-state index is 12.3. The monoisotopic (exact) mass is 397 g/mol. The Labute approximate surface area is 167 Å². The largest absolute Gasteiger partial charge is 0.452 e. The van der Waals surface area contributed by atoms with Crippen LogP contribution in [0.2, 0.25) is 5.02 Å². The first-order valence-corrected chi connectivity index (χ1v) is 9.18. The number of nitrogens with zero attached hydrogens (tertiary/aromatic N) is 2. The molecule has 2 aromatic carbocycles. The third-order valence-corrected chi connectivity index (χ3v) is 4.64. The topological polar surface area (TPSA) is 81.2 Å². The Bertz CT molecular complexity index is 1030. The molecule has 1 amide bonds. The Morgan fingerprint density at radius 2 is 1.68 bits per heavy atom. The number of ether oxygens (including phenoxy) is 1. The van der Waals surface area contributed by atoms with Crippen LogP contribution in [0, 0.1) is 13.8 Å². The van der Waals surface area contributed by atoms with Gasteiger partial charge in [-0.2, -0.15) is 0 Å². The van der Waals surface area contributed by atoms with Crippen molar-refractivity contribution in [1.29, 1.82) is 0 Å². The van der Waals surface area contributed by atoms with Crippen LogP contribution in [0.15, 0.2) is 42.5 Å². The van der Waals surface area contributed by atoms with Gasteiger partial charge >= 0.3 is 5.97 Å². The number of fused-ring (bicyclic) bond motifs is 1. The van der Waals surface area contributed by atoms with Crippen LogP contribution >= 0.6 is 11.6 Å². The second kappa shape index (κ2) is 8.35. The summed E-state index contributed by atoms with van der Waals surface area (Å²) in [5.74, 6) is -0.973. The van der Waals surface area contributed by atoms with Gasteiger partial charge < -0.3 is 10.1 Å². The lowest BCUT2D eigenvalue weighted by atomic mass is 10.1. The van der Waals surface area contributed by atoms with Gasteiger partial charge in [0, 0.05) is 5.02 Å². The predicted octanol–water partition coefficient (Wildman–Crippen LogP) is 3.93. The number of hydrogen-bond donors (Lipinski definition) is 1. The number of carbonyl (C=O) groups is 2. The highest BCUT2D eigenvalue weighted by atomic mass is 35.5. The number of aryl methyl sites for hydroxylation is 2. The zero-order valence-electron chi connectivity index (χ0n) is 15.8. The molecule has 0 aliphatic rings. The van der Waals surface area contributed by atoms with Gasteiger partial charge in [0.05, 0.1) is 34.0 Å². The Balaban J connectivity index is 1.60. The van der Waals surface area contributed by atoms with E-state index in [4.69, 9.17) is 16.3 Å². The zero-order chi connectivity index (χ0) is 20.3. The SMILES string of the molecule is Cc1nc2ccc(C(=O)OCC(=O)N[C@@H](C)c3ccc(Cl)cc3)cc2nc1C. The molecule has 0 saturated carbocycles. The van der Waals surface area contributed by atoms with Gasteiger partial charge in [0.1, 0.15) is 0 Å². The van der Waals surface area contributed by atoms with Crippen molar-refractivity contribution in [1.82, 2.24) is 15.3 Å². The summed E-state index contributed by atoms with van der Waals surface area (Å²) in [5, 5.41) is 3.41. The summed E-state index contributed by atoms with van der Waals surface area (Å²) in [6, 6.07) is 11.9. The number of hydrogen-bond acceptors (Lipinski definition) is 5. The van der Waals surface area contributed by atoms with E-state index in [1.54, 1.807) is 30.3 Å². The van der Waals surface area contributed by atoms with E-state index in [1.165, 1.54) is 0 Å². The third kappa shape index (κ3) is 4.64. The summed E-state index contributed by atoms with van der Waals surface area (Å²) < 4.78 is 5.13. The molecule has 7 heteroatoms. The number of benzene rings is 2. The van der Waals surface area contributed by atoms with Gasteiger partial charge in [0.15, 0.2) is 6.61 Å². The van der Waals surface area contributed by atoms with E-state index in [-0.39, 0.29) is 18.6 Å². The van der Waals surface area contributed by atoms with Crippen LogP contribution in [0.1, 0.15) is 40.3 Å². The molecule has 1 aromatic heterocycles. The lowest BCUT2D eigenvalue weighted by Gasteiger charge is -2.14. The van der Waals surface area contributed by atoms with Crippen molar-refractivity contribution in [3.05, 3.63) is 70.0 Å². The average Bonchev–Trinajstić information content (AvgIpc) is 2.67. The normalized spacial score (nSPS) is 11.9. The van der Waals surface area contributed by atoms with E-state index < -0.39 is 5.97 Å². The highest BCUT2D eigenvalue weighted by molar-refractivity contribution is 6.30. The van der Waals surface area contributed by atoms with Gasteiger partial charge in [-0.05, 0) is 56.7 Å². The van der Waals surface area contributed by atoms with E-state index in [0.29, 0.717) is 21.6 Å². The average molecular weight is 398 g/mol. The molecule has 28 heavy (non-hydrogen) atoms. The van der Waals surface area contributed by atoms with E-state index in [1.807, 2.05) is 32.9 Å². The fourth-order valence-electron chi connectivity index (χ4n) is 2.69. The fourth-order valence-corrected chi connectivity index (χ4v) is 2.82. The second-order valence-electron chi connectivity index (χ2n) is 6.51. The molecule has 1 atom stereocenters. The quantitative estimate of drug-likeness (QED) is 0.659. The van der Waals surface area contributed by atoms with Crippen LogP contribution in [0.3, 0.4) is 0 Å². The van der Waals surface area contributed by atoms with Gasteiger partial charge in [-0.25, -0.2) is 14.8 Å². The Hall–Kier alpha value is -2.99. The number of carbonyl (C=O) groups excluding carboxylic acids is 2. The van der Waals surface area contributed by atoms with Gasteiger partial charge in [0.2, 0.25) is 0 Å². The molecule has 0 bridgehead atoms. The number of rotatable bonds is 5. The predicted molar refractivity (Wildman–Crippen MR) is 107 cm³/mol. The molecule has 3 rings (SSSR count). The lowest BCUT2D eigenvalue weighted by Crippen LogP contribution is -2.31. The van der Waals surface area contributed by atoms with Crippen LogP contribution in [-0.4, -0.2) is 28.5 Å². The first kappa shape index (κ1) is 19.8. The molecule has 144 valence electrons. The van der Waals surface area contributed by atoms with Crippen molar-refractivity contribution in [3.63, 3.8) is 0 Å². The van der Waals surface area contributed by atoms with Crippen LogP contribution in [0.5, 0.6) is 0 Å². The van der Waals surface area contributed by atoms with E-state index in [0.717, 1.165) is 17.0 Å². The molecule has 0 fully saturated rings. The summed E-state index contributed by atoms with van der Waals surface area (Å²) in [5.41, 5.74) is 4.18. The molecule has 0 saturated heterocycles. The van der Waals surface area contributed by atoms with E-state index >= 15 is 0 Å². The maximum atomic E-state index is 12.3. The number of esters is 1. The molecule has 0 spiro atoms. The molecule has 0 aliphatic heterocycles.